The van der Waals surface area contributed by atoms with Crippen LogP contribution in [0.2, 0.25) is 0 Å². The molecule has 14 heavy (non-hydrogen) atoms. The Balaban J connectivity index is 2.22. The zero-order chi connectivity index (χ0) is 10.1. The van der Waals surface area contributed by atoms with Gasteiger partial charge in [0.15, 0.2) is 5.13 Å². The number of aryl methyl sites for hydroxylation is 2. The molecular weight excluding hydrogens is 212 g/mol. The van der Waals surface area contributed by atoms with E-state index in [2.05, 4.69) is 24.0 Å². The van der Waals surface area contributed by atoms with Crippen LogP contribution in [-0.2, 0) is 6.42 Å². The Kier molecular flexibility index (Phi) is 2.56. The van der Waals surface area contributed by atoms with E-state index in [0.717, 1.165) is 12.1 Å². The number of nitrogens with two attached hydrogens (primary N) is 1. The predicted molar refractivity (Wildman–Crippen MR) is 63.1 cm³/mol. The molecule has 0 fully saturated rings. The lowest BCUT2D eigenvalue weighted by Crippen LogP contribution is -1.83. The van der Waals surface area contributed by atoms with Gasteiger partial charge in [-0.25, -0.2) is 4.98 Å². The fraction of sp³-hybridized carbons (Fsp3) is 0.300. The van der Waals surface area contributed by atoms with Crippen molar-refractivity contribution in [3.63, 3.8) is 0 Å². The monoisotopic (exact) mass is 224 g/mol. The van der Waals surface area contributed by atoms with E-state index in [-0.39, 0.29) is 0 Å². The molecule has 2 aromatic rings. The minimum absolute atomic E-state index is 0.672. The minimum Gasteiger partial charge on any atom is -0.375 e. The highest BCUT2D eigenvalue weighted by atomic mass is 32.1. The summed E-state index contributed by atoms with van der Waals surface area (Å²) < 4.78 is 0. The third-order valence-corrected chi connectivity index (χ3v) is 4.03. The first kappa shape index (κ1) is 9.68. The van der Waals surface area contributed by atoms with Gasteiger partial charge in [0, 0.05) is 21.1 Å². The molecule has 0 aliphatic heterocycles. The molecule has 4 heteroatoms. The van der Waals surface area contributed by atoms with Gasteiger partial charge in [-0.2, -0.15) is 0 Å². The van der Waals surface area contributed by atoms with Crippen LogP contribution >= 0.6 is 22.7 Å². The number of nitrogen functional groups attached to an aromatic ring is 1. The van der Waals surface area contributed by atoms with Gasteiger partial charge in [0.25, 0.3) is 0 Å². The predicted octanol–water partition coefficient (Wildman–Crippen LogP) is 2.99. The standard InChI is InChI=1S/C10H12N2S2/c1-6-3-4-8(13-6)5-9-7(2)12-10(11)14-9/h3-4H,5H2,1-2H3,(H2,11,12). The lowest BCUT2D eigenvalue weighted by Gasteiger charge is -1.93. The maximum absolute atomic E-state index is 5.65. The number of anilines is 1. The molecule has 0 radical (unpaired) electrons. The number of hydrogen-bond acceptors (Lipinski definition) is 4. The Morgan fingerprint density at radius 2 is 2.07 bits per heavy atom. The molecule has 0 aromatic carbocycles. The van der Waals surface area contributed by atoms with E-state index in [4.69, 9.17) is 5.73 Å². The molecule has 2 heterocycles. The van der Waals surface area contributed by atoms with E-state index in [1.54, 1.807) is 11.3 Å². The van der Waals surface area contributed by atoms with E-state index in [1.165, 1.54) is 14.6 Å². The molecule has 0 saturated carbocycles. The van der Waals surface area contributed by atoms with Crippen LogP contribution < -0.4 is 5.73 Å². The number of rotatable bonds is 2. The quantitative estimate of drug-likeness (QED) is 0.851. The number of hydrogen-bond donors (Lipinski definition) is 1. The molecule has 2 rings (SSSR count). The lowest BCUT2D eigenvalue weighted by atomic mass is 10.2. The SMILES string of the molecule is Cc1ccc(Cc2sc(N)nc2C)s1. The molecule has 0 aliphatic carbocycles. The lowest BCUT2D eigenvalue weighted by molar-refractivity contribution is 1.17. The maximum atomic E-state index is 5.65. The van der Waals surface area contributed by atoms with Crippen molar-refractivity contribution in [2.24, 2.45) is 0 Å². The summed E-state index contributed by atoms with van der Waals surface area (Å²) in [6, 6.07) is 4.33. The normalized spacial score (nSPS) is 10.7. The van der Waals surface area contributed by atoms with Crippen LogP contribution in [0.5, 0.6) is 0 Å². The Morgan fingerprint density at radius 1 is 1.29 bits per heavy atom. The van der Waals surface area contributed by atoms with E-state index in [0.29, 0.717) is 5.13 Å². The molecule has 74 valence electrons. The Bertz CT molecular complexity index is 443. The van der Waals surface area contributed by atoms with Crippen LogP contribution in [-0.4, -0.2) is 4.98 Å². The third kappa shape index (κ3) is 1.96. The molecule has 2 nitrogen and oxygen atoms in total. The van der Waals surface area contributed by atoms with E-state index in [1.807, 2.05) is 18.3 Å². The molecule has 2 N–H and O–H groups in total. The van der Waals surface area contributed by atoms with Crippen molar-refractivity contribution >= 4 is 27.8 Å². The molecule has 0 atom stereocenters. The van der Waals surface area contributed by atoms with Gasteiger partial charge in [0.2, 0.25) is 0 Å². The first-order valence-corrected chi connectivity index (χ1v) is 6.05. The van der Waals surface area contributed by atoms with E-state index >= 15 is 0 Å². The summed E-state index contributed by atoms with van der Waals surface area (Å²) in [6.07, 6.45) is 0.971. The summed E-state index contributed by atoms with van der Waals surface area (Å²) in [6.45, 7) is 4.14. The van der Waals surface area contributed by atoms with Gasteiger partial charge in [0.05, 0.1) is 5.69 Å². The summed E-state index contributed by atoms with van der Waals surface area (Å²) in [5.74, 6) is 0. The second-order valence-electron chi connectivity index (χ2n) is 3.25. The van der Waals surface area contributed by atoms with Crippen LogP contribution in [0.15, 0.2) is 12.1 Å². The Labute approximate surface area is 91.4 Å². The molecular formula is C10H12N2S2. The molecule has 0 spiro atoms. The van der Waals surface area contributed by atoms with Crippen molar-refractivity contribution in [3.8, 4) is 0 Å². The van der Waals surface area contributed by atoms with Crippen molar-refractivity contribution in [2.45, 2.75) is 20.3 Å². The Hall–Kier alpha value is -0.870. The van der Waals surface area contributed by atoms with Crippen LogP contribution in [0.3, 0.4) is 0 Å². The highest BCUT2D eigenvalue weighted by Gasteiger charge is 2.07. The second-order valence-corrected chi connectivity index (χ2v) is 5.74. The van der Waals surface area contributed by atoms with Gasteiger partial charge in [-0.1, -0.05) is 0 Å². The van der Waals surface area contributed by atoms with Crippen LogP contribution in [0.25, 0.3) is 0 Å². The molecule has 0 bridgehead atoms. The number of nitrogens with zero attached hydrogens (tertiary/aromatic N) is 1. The van der Waals surface area contributed by atoms with Gasteiger partial charge in [-0.15, -0.1) is 22.7 Å². The summed E-state index contributed by atoms with van der Waals surface area (Å²) in [4.78, 5) is 8.24. The average Bonchev–Trinajstić information content (AvgIpc) is 2.61. The highest BCUT2D eigenvalue weighted by Crippen LogP contribution is 2.25. The van der Waals surface area contributed by atoms with Gasteiger partial charge in [0.1, 0.15) is 0 Å². The largest absolute Gasteiger partial charge is 0.375 e. The second kappa shape index (κ2) is 3.71. The van der Waals surface area contributed by atoms with Gasteiger partial charge >= 0.3 is 0 Å². The summed E-state index contributed by atoms with van der Waals surface area (Å²) in [7, 11) is 0. The average molecular weight is 224 g/mol. The van der Waals surface area contributed by atoms with Gasteiger partial charge < -0.3 is 5.73 Å². The topological polar surface area (TPSA) is 38.9 Å². The van der Waals surface area contributed by atoms with Crippen LogP contribution in [0.4, 0.5) is 5.13 Å². The van der Waals surface area contributed by atoms with Crippen molar-refractivity contribution in [1.82, 2.24) is 4.98 Å². The van der Waals surface area contributed by atoms with Gasteiger partial charge in [-0.05, 0) is 26.0 Å². The van der Waals surface area contributed by atoms with Crippen LogP contribution in [0.1, 0.15) is 20.3 Å². The first-order valence-electron chi connectivity index (χ1n) is 4.42. The summed E-state index contributed by atoms with van der Waals surface area (Å²) >= 11 is 3.43. The Morgan fingerprint density at radius 3 is 2.57 bits per heavy atom. The van der Waals surface area contributed by atoms with Crippen molar-refractivity contribution in [2.75, 3.05) is 5.73 Å². The smallest absolute Gasteiger partial charge is 0.180 e. The molecule has 2 aromatic heterocycles. The highest BCUT2D eigenvalue weighted by molar-refractivity contribution is 7.16. The first-order chi connectivity index (χ1) is 6.65. The molecule has 0 unspecified atom stereocenters. The van der Waals surface area contributed by atoms with E-state index in [9.17, 15) is 0 Å². The minimum atomic E-state index is 0.672. The summed E-state index contributed by atoms with van der Waals surface area (Å²) in [5, 5.41) is 0.672. The van der Waals surface area contributed by atoms with Gasteiger partial charge in [-0.3, -0.25) is 0 Å². The van der Waals surface area contributed by atoms with Crippen molar-refractivity contribution in [1.29, 1.82) is 0 Å². The van der Waals surface area contributed by atoms with E-state index < -0.39 is 0 Å². The zero-order valence-corrected chi connectivity index (χ0v) is 9.84. The third-order valence-electron chi connectivity index (χ3n) is 2.04. The fourth-order valence-electron chi connectivity index (χ4n) is 1.35. The number of thiazole rings is 1. The van der Waals surface area contributed by atoms with Crippen molar-refractivity contribution < 1.29 is 0 Å². The molecule has 0 saturated heterocycles. The molecule has 0 amide bonds. The number of aromatic nitrogens is 1. The van der Waals surface area contributed by atoms with Crippen LogP contribution in [0, 0.1) is 13.8 Å². The zero-order valence-electron chi connectivity index (χ0n) is 8.20. The summed E-state index contributed by atoms with van der Waals surface area (Å²) in [5.41, 5.74) is 6.72. The molecule has 0 aliphatic rings. The number of thiophene rings is 1. The maximum Gasteiger partial charge on any atom is 0.180 e. The fourth-order valence-corrected chi connectivity index (χ4v) is 3.20. The van der Waals surface area contributed by atoms with Crippen molar-refractivity contribution in [3.05, 3.63) is 32.5 Å².